The van der Waals surface area contributed by atoms with Gasteiger partial charge in [-0.1, -0.05) is 309 Å². The third-order valence-corrected chi connectivity index (χ3v) is 14.5. The van der Waals surface area contributed by atoms with E-state index < -0.39 is 6.10 Å². The van der Waals surface area contributed by atoms with Crippen molar-refractivity contribution in [2.45, 2.75) is 367 Å². The van der Waals surface area contributed by atoms with Crippen LogP contribution in [0.4, 0.5) is 0 Å². The summed E-state index contributed by atoms with van der Waals surface area (Å²) in [6, 6.07) is 0. The van der Waals surface area contributed by atoms with Gasteiger partial charge in [-0.25, -0.2) is 0 Å². The molecule has 414 valence electrons. The first-order chi connectivity index (χ1) is 34.5. The predicted octanol–water partition coefficient (Wildman–Crippen LogP) is 21.3. The summed E-state index contributed by atoms with van der Waals surface area (Å²) >= 11 is 0. The molecule has 1 atom stereocenters. The molecule has 0 bridgehead atoms. The van der Waals surface area contributed by atoms with Crippen molar-refractivity contribution in [1.82, 2.24) is 0 Å². The minimum Gasteiger partial charge on any atom is -0.462 e. The number of carbonyl (C=O) groups is 3. The Morgan fingerprint density at radius 3 is 0.714 bits per heavy atom. The van der Waals surface area contributed by atoms with Gasteiger partial charge in [0.25, 0.3) is 0 Å². The standard InChI is InChI=1S/C64H122O6/c1-4-7-10-13-16-18-20-22-24-26-27-28-29-30-31-32-33-34-35-36-37-38-40-41-43-45-48-51-54-57-63(66)69-60-61(59-68-62(65)56-53-50-47-15-12-9-6-3)70-64(67)58-55-52-49-46-44-42-39-25-23-21-19-17-14-11-8-5-2/h26-27,61H,4-25,28-60H2,1-3H3/b27-26-. The van der Waals surface area contributed by atoms with E-state index in [2.05, 4.69) is 32.9 Å². The van der Waals surface area contributed by atoms with Crippen molar-refractivity contribution in [3.8, 4) is 0 Å². The molecule has 0 aromatic carbocycles. The molecule has 0 radical (unpaired) electrons. The smallest absolute Gasteiger partial charge is 0.306 e. The van der Waals surface area contributed by atoms with Crippen molar-refractivity contribution in [2.75, 3.05) is 13.2 Å². The average Bonchev–Trinajstić information content (AvgIpc) is 3.36. The number of unbranched alkanes of at least 4 members (excludes halogenated alkanes) is 46. The molecule has 0 aliphatic carbocycles. The summed E-state index contributed by atoms with van der Waals surface area (Å²) < 4.78 is 16.8. The highest BCUT2D eigenvalue weighted by Crippen LogP contribution is 2.18. The van der Waals surface area contributed by atoms with Gasteiger partial charge >= 0.3 is 17.9 Å². The van der Waals surface area contributed by atoms with Crippen molar-refractivity contribution < 1.29 is 28.6 Å². The van der Waals surface area contributed by atoms with Gasteiger partial charge < -0.3 is 14.2 Å². The summed E-state index contributed by atoms with van der Waals surface area (Å²) in [6.07, 6.45) is 69.7. The minimum absolute atomic E-state index is 0.0635. The van der Waals surface area contributed by atoms with Gasteiger partial charge in [-0.2, -0.15) is 0 Å². The Labute approximate surface area is 437 Å². The van der Waals surface area contributed by atoms with Crippen LogP contribution in [0.3, 0.4) is 0 Å². The zero-order valence-electron chi connectivity index (χ0n) is 47.6. The quantitative estimate of drug-likeness (QED) is 0.0261. The molecule has 0 aromatic rings. The van der Waals surface area contributed by atoms with Gasteiger partial charge in [0, 0.05) is 19.3 Å². The Bertz CT molecular complexity index is 1090. The van der Waals surface area contributed by atoms with Gasteiger partial charge in [0.2, 0.25) is 0 Å². The van der Waals surface area contributed by atoms with Crippen LogP contribution in [0.2, 0.25) is 0 Å². The van der Waals surface area contributed by atoms with Crippen molar-refractivity contribution >= 4 is 17.9 Å². The second-order valence-electron chi connectivity index (χ2n) is 21.7. The van der Waals surface area contributed by atoms with Crippen molar-refractivity contribution in [1.29, 1.82) is 0 Å². The van der Waals surface area contributed by atoms with Gasteiger partial charge in [0.05, 0.1) is 0 Å². The monoisotopic (exact) mass is 987 g/mol. The molecule has 6 nitrogen and oxygen atoms in total. The zero-order valence-corrected chi connectivity index (χ0v) is 47.6. The lowest BCUT2D eigenvalue weighted by Gasteiger charge is -2.18. The fourth-order valence-corrected chi connectivity index (χ4v) is 9.74. The molecule has 0 fully saturated rings. The van der Waals surface area contributed by atoms with E-state index >= 15 is 0 Å². The fraction of sp³-hybridized carbons (Fsp3) is 0.922. The van der Waals surface area contributed by atoms with E-state index in [0.29, 0.717) is 19.3 Å². The van der Waals surface area contributed by atoms with Gasteiger partial charge in [-0.3, -0.25) is 14.4 Å². The number of hydrogen-bond donors (Lipinski definition) is 0. The van der Waals surface area contributed by atoms with Crippen molar-refractivity contribution in [3.63, 3.8) is 0 Å². The molecule has 0 saturated heterocycles. The first-order valence-electron chi connectivity index (χ1n) is 31.7. The van der Waals surface area contributed by atoms with E-state index in [1.807, 2.05) is 0 Å². The highest BCUT2D eigenvalue weighted by atomic mass is 16.6. The van der Waals surface area contributed by atoms with Crippen LogP contribution >= 0.6 is 0 Å². The average molecular weight is 988 g/mol. The number of rotatable bonds is 59. The van der Waals surface area contributed by atoms with Crippen LogP contribution in [0.5, 0.6) is 0 Å². The molecule has 0 aliphatic rings. The lowest BCUT2D eigenvalue weighted by Crippen LogP contribution is -2.30. The van der Waals surface area contributed by atoms with Crippen LogP contribution in [0.25, 0.3) is 0 Å². The molecule has 0 rings (SSSR count). The Morgan fingerprint density at radius 2 is 0.471 bits per heavy atom. The molecular formula is C64H122O6. The van der Waals surface area contributed by atoms with Crippen LogP contribution in [0, 0.1) is 0 Å². The van der Waals surface area contributed by atoms with Crippen LogP contribution in [-0.4, -0.2) is 37.2 Å². The Morgan fingerprint density at radius 1 is 0.271 bits per heavy atom. The largest absolute Gasteiger partial charge is 0.462 e. The lowest BCUT2D eigenvalue weighted by molar-refractivity contribution is -0.167. The number of hydrogen-bond acceptors (Lipinski definition) is 6. The van der Waals surface area contributed by atoms with Crippen LogP contribution in [0.15, 0.2) is 12.2 Å². The van der Waals surface area contributed by atoms with E-state index in [1.165, 1.54) is 263 Å². The Balaban J connectivity index is 4.00. The maximum Gasteiger partial charge on any atom is 0.306 e. The first-order valence-corrected chi connectivity index (χ1v) is 31.7. The van der Waals surface area contributed by atoms with Gasteiger partial charge in [-0.05, 0) is 44.9 Å². The third-order valence-electron chi connectivity index (χ3n) is 14.5. The van der Waals surface area contributed by atoms with E-state index in [0.717, 1.165) is 57.8 Å². The molecule has 0 heterocycles. The first kappa shape index (κ1) is 68.2. The lowest BCUT2D eigenvalue weighted by atomic mass is 10.0. The van der Waals surface area contributed by atoms with E-state index in [9.17, 15) is 14.4 Å². The van der Waals surface area contributed by atoms with Crippen molar-refractivity contribution in [3.05, 3.63) is 12.2 Å². The van der Waals surface area contributed by atoms with E-state index in [-0.39, 0.29) is 31.1 Å². The topological polar surface area (TPSA) is 78.9 Å². The molecule has 0 N–H and O–H groups in total. The highest BCUT2D eigenvalue weighted by molar-refractivity contribution is 5.71. The summed E-state index contributed by atoms with van der Waals surface area (Å²) in [4.78, 5) is 38.0. The van der Waals surface area contributed by atoms with Crippen LogP contribution < -0.4 is 0 Å². The SMILES string of the molecule is CCCCCCCCCC/C=C\CCCCCCCCCCCCCCCCCCCC(=O)OCC(COC(=O)CCCCCCCCC)OC(=O)CCCCCCCCCCCCCCCCCC. The van der Waals surface area contributed by atoms with Gasteiger partial charge in [0.1, 0.15) is 13.2 Å². The summed E-state index contributed by atoms with van der Waals surface area (Å²) in [6.45, 7) is 6.66. The van der Waals surface area contributed by atoms with Gasteiger partial charge in [0.15, 0.2) is 6.10 Å². The molecule has 0 amide bonds. The minimum atomic E-state index is -0.762. The number of allylic oxidation sites excluding steroid dienone is 2. The summed E-state index contributed by atoms with van der Waals surface area (Å²) in [5.41, 5.74) is 0. The number of esters is 3. The third kappa shape index (κ3) is 57.1. The number of ether oxygens (including phenoxy) is 3. The molecule has 0 aliphatic heterocycles. The normalized spacial score (nSPS) is 12.0. The van der Waals surface area contributed by atoms with Crippen LogP contribution in [-0.2, 0) is 28.6 Å². The summed E-state index contributed by atoms with van der Waals surface area (Å²) in [5.74, 6) is -0.844. The molecule has 0 aromatic heterocycles. The number of carbonyl (C=O) groups excluding carboxylic acids is 3. The zero-order chi connectivity index (χ0) is 50.7. The Hall–Kier alpha value is -1.85. The fourth-order valence-electron chi connectivity index (χ4n) is 9.74. The molecule has 0 spiro atoms. The molecule has 1 unspecified atom stereocenters. The highest BCUT2D eigenvalue weighted by Gasteiger charge is 2.19. The summed E-state index contributed by atoms with van der Waals surface area (Å²) in [5, 5.41) is 0. The Kier molecular flexibility index (Phi) is 58.1. The van der Waals surface area contributed by atoms with E-state index in [1.54, 1.807) is 0 Å². The van der Waals surface area contributed by atoms with Crippen LogP contribution in [0.1, 0.15) is 361 Å². The second-order valence-corrected chi connectivity index (χ2v) is 21.7. The predicted molar refractivity (Wildman–Crippen MR) is 303 cm³/mol. The van der Waals surface area contributed by atoms with Crippen molar-refractivity contribution in [2.24, 2.45) is 0 Å². The second kappa shape index (κ2) is 59.7. The molecule has 70 heavy (non-hydrogen) atoms. The maximum atomic E-state index is 12.8. The van der Waals surface area contributed by atoms with Gasteiger partial charge in [-0.15, -0.1) is 0 Å². The molecule has 6 heteroatoms. The molecular weight excluding hydrogens is 865 g/mol. The molecule has 0 saturated carbocycles. The van der Waals surface area contributed by atoms with E-state index in [4.69, 9.17) is 14.2 Å². The summed E-state index contributed by atoms with van der Waals surface area (Å²) in [7, 11) is 0. The maximum absolute atomic E-state index is 12.8.